The van der Waals surface area contributed by atoms with Crippen molar-refractivity contribution in [2.24, 2.45) is 5.92 Å². The molecule has 2 fully saturated rings. The number of nitrogens with zero attached hydrogens (tertiary/aromatic N) is 1. The van der Waals surface area contributed by atoms with Gasteiger partial charge in [-0.05, 0) is 74.0 Å². The summed E-state index contributed by atoms with van der Waals surface area (Å²) in [5.41, 5.74) is -1.19. The Labute approximate surface area is 233 Å². The number of hydrogen-bond donors (Lipinski definition) is 4. The number of methoxy groups -OCH3 is 1. The van der Waals surface area contributed by atoms with E-state index in [0.29, 0.717) is 36.6 Å². The van der Waals surface area contributed by atoms with Crippen LogP contribution in [0.3, 0.4) is 0 Å². The van der Waals surface area contributed by atoms with Gasteiger partial charge in [0.25, 0.3) is 15.9 Å². The molecule has 5 aliphatic rings. The molecule has 1 spiro atoms. The van der Waals surface area contributed by atoms with Gasteiger partial charge in [-0.2, -0.15) is 0 Å². The van der Waals surface area contributed by atoms with Crippen molar-refractivity contribution in [3.63, 3.8) is 0 Å². The molecule has 1 saturated carbocycles. The lowest BCUT2D eigenvalue weighted by Crippen LogP contribution is -2.75. The molecule has 0 aromatic heterocycles. The van der Waals surface area contributed by atoms with Gasteiger partial charge in [0.2, 0.25) is 0 Å². The standard InChI is InChI=1S/C28H30N2O8S.CH4/c1-37-17-5-7-18(8-6-17)39(35,36)29-26(33)19-13-28(34)21-12-16-4-9-20(31)24-22(16)27(28,25(38-24)23(19)32)10-11-30(21)14-15-2-3-15;/h4-9,15,21,25,31-32,34H,2-3,10-14H2,1H3,(H,29,33);1H4/t21-,25+,27+,28-;/m1./s1. The third kappa shape index (κ3) is 3.53. The molecule has 214 valence electrons. The van der Waals surface area contributed by atoms with Crippen molar-refractivity contribution in [2.45, 2.75) is 67.6 Å². The van der Waals surface area contributed by atoms with Gasteiger partial charge in [0.1, 0.15) is 11.5 Å². The summed E-state index contributed by atoms with van der Waals surface area (Å²) < 4.78 is 39.4. The molecule has 2 aliphatic heterocycles. The number of hydrogen-bond acceptors (Lipinski definition) is 9. The number of piperidine rings is 1. The molecule has 11 heteroatoms. The lowest BCUT2D eigenvalue weighted by atomic mass is 9.49. The van der Waals surface area contributed by atoms with Gasteiger partial charge >= 0.3 is 0 Å². The number of sulfonamides is 1. The van der Waals surface area contributed by atoms with Crippen molar-refractivity contribution < 1.29 is 38.0 Å². The van der Waals surface area contributed by atoms with Gasteiger partial charge in [-0.15, -0.1) is 0 Å². The zero-order chi connectivity index (χ0) is 27.3. The van der Waals surface area contributed by atoms with Crippen molar-refractivity contribution in [3.05, 3.63) is 58.9 Å². The second kappa shape index (κ2) is 8.86. The summed E-state index contributed by atoms with van der Waals surface area (Å²) in [5.74, 6) is -0.294. The Morgan fingerprint density at radius 1 is 1.18 bits per heavy atom. The van der Waals surface area contributed by atoms with E-state index >= 15 is 0 Å². The fourth-order valence-corrected chi connectivity index (χ4v) is 8.35. The van der Waals surface area contributed by atoms with Gasteiger partial charge in [0.05, 0.1) is 28.6 Å². The van der Waals surface area contributed by atoms with Gasteiger partial charge in [-0.1, -0.05) is 13.5 Å². The third-order valence-electron chi connectivity index (χ3n) is 9.39. The van der Waals surface area contributed by atoms with E-state index in [4.69, 9.17) is 9.47 Å². The Hall–Kier alpha value is -3.28. The SMILES string of the molecule is C.COc1ccc(S(=O)(=O)NC(=O)C2=C(O)[C@@H]3Oc4c(O)ccc5c4[C@@]34CCN(CC3CC3)[C@H](C5)[C@]4(O)C2)cc1. The highest BCUT2D eigenvalue weighted by atomic mass is 32.2. The molecule has 2 aromatic carbocycles. The molecule has 1 saturated heterocycles. The molecule has 4 atom stereocenters. The van der Waals surface area contributed by atoms with Gasteiger partial charge in [0.15, 0.2) is 17.6 Å². The molecule has 2 heterocycles. The maximum atomic E-state index is 13.5. The molecule has 7 rings (SSSR count). The lowest BCUT2D eigenvalue weighted by Gasteiger charge is -2.62. The summed E-state index contributed by atoms with van der Waals surface area (Å²) in [4.78, 5) is 15.6. The van der Waals surface area contributed by atoms with Crippen LogP contribution < -0.4 is 14.2 Å². The van der Waals surface area contributed by atoms with Crippen molar-refractivity contribution in [1.29, 1.82) is 0 Å². The summed E-state index contributed by atoms with van der Waals surface area (Å²) in [7, 11) is -2.83. The molecule has 40 heavy (non-hydrogen) atoms. The average Bonchev–Trinajstić information content (AvgIpc) is 3.65. The van der Waals surface area contributed by atoms with E-state index < -0.39 is 38.8 Å². The number of ether oxygens (including phenoxy) is 2. The summed E-state index contributed by atoms with van der Waals surface area (Å²) in [6.07, 6.45) is 1.86. The number of aliphatic hydroxyl groups excluding tert-OH is 1. The second-order valence-electron chi connectivity index (χ2n) is 11.4. The Bertz CT molecular complexity index is 1530. The number of amides is 1. The number of aliphatic hydroxyl groups is 2. The number of phenolic OH excluding ortho intramolecular Hbond substituents is 1. The van der Waals surface area contributed by atoms with Gasteiger partial charge in [-0.25, -0.2) is 13.1 Å². The lowest BCUT2D eigenvalue weighted by molar-refractivity contribution is -0.172. The van der Waals surface area contributed by atoms with Crippen LogP contribution in [0, 0.1) is 5.92 Å². The van der Waals surface area contributed by atoms with Crippen molar-refractivity contribution in [2.75, 3.05) is 20.2 Å². The van der Waals surface area contributed by atoms with Crippen LogP contribution in [-0.4, -0.2) is 72.5 Å². The highest BCUT2D eigenvalue weighted by Crippen LogP contribution is 2.66. The number of aromatic hydroxyl groups is 1. The van der Waals surface area contributed by atoms with Crippen molar-refractivity contribution >= 4 is 15.9 Å². The van der Waals surface area contributed by atoms with Crippen molar-refractivity contribution in [3.8, 4) is 17.2 Å². The van der Waals surface area contributed by atoms with E-state index in [9.17, 15) is 28.5 Å². The van der Waals surface area contributed by atoms with Crippen LogP contribution in [0.2, 0.25) is 0 Å². The minimum Gasteiger partial charge on any atom is -0.508 e. The molecule has 0 unspecified atom stereocenters. The highest BCUT2D eigenvalue weighted by Gasteiger charge is 2.73. The number of benzene rings is 2. The number of nitrogens with one attached hydrogen (secondary N) is 1. The quantitative estimate of drug-likeness (QED) is 0.412. The number of carbonyl (C=O) groups is 1. The highest BCUT2D eigenvalue weighted by molar-refractivity contribution is 7.90. The van der Waals surface area contributed by atoms with Crippen LogP contribution >= 0.6 is 0 Å². The second-order valence-corrected chi connectivity index (χ2v) is 13.1. The first-order valence-corrected chi connectivity index (χ1v) is 14.7. The first-order valence-electron chi connectivity index (χ1n) is 13.2. The fourth-order valence-electron chi connectivity index (χ4n) is 7.37. The third-order valence-corrected chi connectivity index (χ3v) is 10.7. The Morgan fingerprint density at radius 3 is 2.58 bits per heavy atom. The molecular weight excluding hydrogens is 536 g/mol. The fraction of sp³-hybridized carbons (Fsp3) is 0.483. The number of rotatable bonds is 6. The maximum absolute atomic E-state index is 13.5. The van der Waals surface area contributed by atoms with Gasteiger partial charge < -0.3 is 24.8 Å². The van der Waals surface area contributed by atoms with Gasteiger partial charge in [-0.3, -0.25) is 9.69 Å². The summed E-state index contributed by atoms with van der Waals surface area (Å²) in [6.45, 7) is 1.51. The Kier molecular flexibility index (Phi) is 5.96. The Balaban J connectivity index is 0.00000289. The maximum Gasteiger partial charge on any atom is 0.264 e. The van der Waals surface area contributed by atoms with E-state index in [1.165, 1.54) is 31.4 Å². The first kappa shape index (κ1) is 26.9. The van der Waals surface area contributed by atoms with Crippen LogP contribution in [0.1, 0.15) is 44.2 Å². The van der Waals surface area contributed by atoms with Crippen LogP contribution in [0.5, 0.6) is 17.2 Å². The molecule has 3 aliphatic carbocycles. The van der Waals surface area contributed by atoms with Crippen LogP contribution in [0.15, 0.2) is 52.6 Å². The van der Waals surface area contributed by atoms with E-state index in [-0.39, 0.29) is 41.9 Å². The molecular formula is C29H34N2O8S. The van der Waals surface area contributed by atoms with Crippen LogP contribution in [-0.2, 0) is 26.7 Å². The summed E-state index contributed by atoms with van der Waals surface area (Å²) >= 11 is 0. The predicted octanol–water partition coefficient (Wildman–Crippen LogP) is 2.53. The zero-order valence-corrected chi connectivity index (χ0v) is 22.2. The van der Waals surface area contributed by atoms with Crippen LogP contribution in [0.4, 0.5) is 0 Å². The molecule has 1 amide bonds. The van der Waals surface area contributed by atoms with Crippen LogP contribution in [0.25, 0.3) is 0 Å². The Morgan fingerprint density at radius 2 is 1.90 bits per heavy atom. The van der Waals surface area contributed by atoms with E-state index in [0.717, 1.165) is 24.9 Å². The van der Waals surface area contributed by atoms with E-state index in [1.807, 2.05) is 6.07 Å². The van der Waals surface area contributed by atoms with Gasteiger partial charge in [0, 0.05) is 24.6 Å². The topological polar surface area (TPSA) is 146 Å². The zero-order valence-electron chi connectivity index (χ0n) is 21.4. The average molecular weight is 571 g/mol. The molecule has 2 aromatic rings. The molecule has 0 radical (unpaired) electrons. The summed E-state index contributed by atoms with van der Waals surface area (Å²) in [6, 6.07) is 8.60. The van der Waals surface area contributed by atoms with Crippen molar-refractivity contribution in [1.82, 2.24) is 9.62 Å². The minimum absolute atomic E-state index is 0. The number of phenols is 1. The molecule has 2 bridgehead atoms. The molecule has 10 nitrogen and oxygen atoms in total. The summed E-state index contributed by atoms with van der Waals surface area (Å²) in [5, 5.41) is 34.7. The van der Waals surface area contributed by atoms with E-state index in [2.05, 4.69) is 9.62 Å². The van der Waals surface area contributed by atoms with E-state index in [1.54, 1.807) is 6.07 Å². The largest absolute Gasteiger partial charge is 0.508 e. The molecule has 4 N–H and O–H groups in total. The minimum atomic E-state index is -4.28. The predicted molar refractivity (Wildman–Crippen MR) is 145 cm³/mol. The number of likely N-dealkylation sites (tertiary alicyclic amines) is 1. The normalized spacial score (nSPS) is 30.1. The monoisotopic (exact) mass is 570 g/mol. The number of carbonyl (C=O) groups excluding carboxylic acids is 1. The smallest absolute Gasteiger partial charge is 0.264 e. The first-order chi connectivity index (χ1) is 18.6.